The fraction of sp³-hybridized carbons (Fsp3) is 0.625. The van der Waals surface area contributed by atoms with Crippen molar-refractivity contribution in [1.29, 1.82) is 0 Å². The number of rotatable bonds is 10. The fourth-order valence-electron chi connectivity index (χ4n) is 1.92. The molecule has 2 heteroatoms. The Morgan fingerprint density at radius 2 is 1.89 bits per heavy atom. The van der Waals surface area contributed by atoms with Gasteiger partial charge in [0.2, 0.25) is 0 Å². The van der Waals surface area contributed by atoms with Crippen LogP contribution in [0.1, 0.15) is 50.7 Å². The highest BCUT2D eigenvalue weighted by Gasteiger charge is 1.96. The third-order valence-electron chi connectivity index (χ3n) is 2.98. The van der Waals surface area contributed by atoms with E-state index in [1.165, 1.54) is 36.8 Å². The smallest absolute Gasteiger partial charge is 0.0716 e. The molecule has 0 saturated carbocycles. The summed E-state index contributed by atoms with van der Waals surface area (Å²) in [6, 6.07) is 8.64. The molecule has 1 N–H and O–H groups in total. The highest BCUT2D eigenvalue weighted by atomic mass is 16.5. The largest absolute Gasteiger partial charge is 0.377 e. The predicted molar refractivity (Wildman–Crippen MR) is 77.6 cm³/mol. The zero-order chi connectivity index (χ0) is 13.1. The summed E-state index contributed by atoms with van der Waals surface area (Å²) >= 11 is 0. The van der Waals surface area contributed by atoms with Crippen molar-refractivity contribution in [2.75, 3.05) is 13.2 Å². The molecule has 1 aromatic rings. The Labute approximate surface area is 112 Å². The Bertz CT molecular complexity index is 312. The van der Waals surface area contributed by atoms with Crippen LogP contribution in [0, 0.1) is 0 Å². The maximum atomic E-state index is 5.71. The first-order valence-corrected chi connectivity index (χ1v) is 7.23. The van der Waals surface area contributed by atoms with Gasteiger partial charge >= 0.3 is 0 Å². The molecule has 0 aliphatic rings. The molecule has 0 heterocycles. The van der Waals surface area contributed by atoms with Crippen LogP contribution in [0.15, 0.2) is 24.3 Å². The Balaban J connectivity index is 2.20. The lowest BCUT2D eigenvalue weighted by Gasteiger charge is -2.07. The van der Waals surface area contributed by atoms with Crippen LogP contribution in [-0.2, 0) is 17.9 Å². The molecule has 0 atom stereocenters. The van der Waals surface area contributed by atoms with E-state index in [1.54, 1.807) is 0 Å². The molecule has 102 valence electrons. The van der Waals surface area contributed by atoms with Crippen LogP contribution in [-0.4, -0.2) is 13.2 Å². The molecule has 0 aliphatic heterocycles. The molecule has 0 amide bonds. The Morgan fingerprint density at radius 3 is 2.67 bits per heavy atom. The SMILES string of the molecule is CCCCCCOCc1cccc(CNCC)c1. The van der Waals surface area contributed by atoms with Gasteiger partial charge in [-0.15, -0.1) is 0 Å². The minimum absolute atomic E-state index is 0.742. The summed E-state index contributed by atoms with van der Waals surface area (Å²) in [5.41, 5.74) is 2.62. The third-order valence-corrected chi connectivity index (χ3v) is 2.98. The van der Waals surface area contributed by atoms with Crippen molar-refractivity contribution >= 4 is 0 Å². The van der Waals surface area contributed by atoms with Gasteiger partial charge in [0, 0.05) is 13.2 Å². The number of nitrogens with one attached hydrogen (secondary N) is 1. The van der Waals surface area contributed by atoms with Gasteiger partial charge in [0.1, 0.15) is 0 Å². The quantitative estimate of drug-likeness (QED) is 0.635. The third kappa shape index (κ3) is 6.77. The summed E-state index contributed by atoms with van der Waals surface area (Å²) < 4.78 is 5.71. The zero-order valence-corrected chi connectivity index (χ0v) is 11.9. The number of unbranched alkanes of at least 4 members (excludes halogenated alkanes) is 3. The van der Waals surface area contributed by atoms with E-state index in [2.05, 4.69) is 43.4 Å². The molecule has 0 radical (unpaired) electrons. The molecule has 0 unspecified atom stereocenters. The maximum absolute atomic E-state index is 5.71. The fourth-order valence-corrected chi connectivity index (χ4v) is 1.92. The normalized spacial score (nSPS) is 10.8. The van der Waals surface area contributed by atoms with Gasteiger partial charge in [0.15, 0.2) is 0 Å². The van der Waals surface area contributed by atoms with Crippen molar-refractivity contribution in [3.05, 3.63) is 35.4 Å². The molecule has 1 aromatic carbocycles. The van der Waals surface area contributed by atoms with Crippen LogP contribution in [0.3, 0.4) is 0 Å². The minimum Gasteiger partial charge on any atom is -0.377 e. The van der Waals surface area contributed by atoms with Gasteiger partial charge < -0.3 is 10.1 Å². The lowest BCUT2D eigenvalue weighted by Crippen LogP contribution is -2.11. The molecule has 18 heavy (non-hydrogen) atoms. The first-order chi connectivity index (χ1) is 8.86. The van der Waals surface area contributed by atoms with Crippen molar-refractivity contribution in [1.82, 2.24) is 5.32 Å². The monoisotopic (exact) mass is 249 g/mol. The Kier molecular flexibility index (Phi) is 8.53. The lowest BCUT2D eigenvalue weighted by molar-refractivity contribution is 0.117. The van der Waals surface area contributed by atoms with Gasteiger partial charge in [0.05, 0.1) is 6.61 Å². The molecule has 1 rings (SSSR count). The average molecular weight is 249 g/mol. The molecular formula is C16H27NO. The maximum Gasteiger partial charge on any atom is 0.0716 e. The van der Waals surface area contributed by atoms with Gasteiger partial charge in [-0.1, -0.05) is 57.4 Å². The first-order valence-electron chi connectivity index (χ1n) is 7.23. The van der Waals surface area contributed by atoms with E-state index in [0.29, 0.717) is 0 Å². The van der Waals surface area contributed by atoms with Crippen molar-refractivity contribution in [3.63, 3.8) is 0 Å². The van der Waals surface area contributed by atoms with Gasteiger partial charge in [-0.3, -0.25) is 0 Å². The molecule has 0 aliphatic carbocycles. The second-order valence-corrected chi connectivity index (χ2v) is 4.71. The standard InChI is InChI=1S/C16H27NO/c1-3-5-6-7-11-18-14-16-10-8-9-15(12-16)13-17-4-2/h8-10,12,17H,3-7,11,13-14H2,1-2H3. The highest BCUT2D eigenvalue weighted by molar-refractivity contribution is 5.22. The number of benzene rings is 1. The molecule has 2 nitrogen and oxygen atoms in total. The molecule has 0 aromatic heterocycles. The van der Waals surface area contributed by atoms with Crippen LogP contribution in [0.4, 0.5) is 0 Å². The molecule has 0 bridgehead atoms. The summed E-state index contributed by atoms with van der Waals surface area (Å²) in [4.78, 5) is 0. The second-order valence-electron chi connectivity index (χ2n) is 4.71. The first kappa shape index (κ1) is 15.2. The highest BCUT2D eigenvalue weighted by Crippen LogP contribution is 2.07. The molecule has 0 saturated heterocycles. The summed E-state index contributed by atoms with van der Waals surface area (Å²) in [6.07, 6.45) is 5.08. The van der Waals surface area contributed by atoms with Gasteiger partial charge in [-0.25, -0.2) is 0 Å². The minimum atomic E-state index is 0.742. The Morgan fingerprint density at radius 1 is 1.06 bits per heavy atom. The second kappa shape index (κ2) is 10.1. The average Bonchev–Trinajstić information content (AvgIpc) is 2.41. The Hall–Kier alpha value is -0.860. The van der Waals surface area contributed by atoms with Gasteiger partial charge in [0.25, 0.3) is 0 Å². The summed E-state index contributed by atoms with van der Waals surface area (Å²) in [6.45, 7) is 7.95. The zero-order valence-electron chi connectivity index (χ0n) is 11.9. The summed E-state index contributed by atoms with van der Waals surface area (Å²) in [5, 5.41) is 3.34. The van der Waals surface area contributed by atoms with Crippen LogP contribution < -0.4 is 5.32 Å². The van der Waals surface area contributed by atoms with Crippen LogP contribution in [0.2, 0.25) is 0 Å². The van der Waals surface area contributed by atoms with Gasteiger partial charge in [-0.2, -0.15) is 0 Å². The van der Waals surface area contributed by atoms with Crippen molar-refractivity contribution in [2.24, 2.45) is 0 Å². The van der Waals surface area contributed by atoms with E-state index in [9.17, 15) is 0 Å². The van der Waals surface area contributed by atoms with Crippen LogP contribution in [0.25, 0.3) is 0 Å². The topological polar surface area (TPSA) is 21.3 Å². The van der Waals surface area contributed by atoms with E-state index >= 15 is 0 Å². The van der Waals surface area contributed by atoms with Crippen molar-refractivity contribution in [3.8, 4) is 0 Å². The molecular weight excluding hydrogens is 222 g/mol. The number of hydrogen-bond acceptors (Lipinski definition) is 2. The number of ether oxygens (including phenoxy) is 1. The van der Waals surface area contributed by atoms with Crippen LogP contribution >= 0.6 is 0 Å². The van der Waals surface area contributed by atoms with E-state index in [1.807, 2.05) is 0 Å². The van der Waals surface area contributed by atoms with Crippen molar-refractivity contribution in [2.45, 2.75) is 52.7 Å². The summed E-state index contributed by atoms with van der Waals surface area (Å²) in [7, 11) is 0. The van der Waals surface area contributed by atoms with Crippen LogP contribution in [0.5, 0.6) is 0 Å². The van der Waals surface area contributed by atoms with E-state index in [0.717, 1.165) is 26.3 Å². The predicted octanol–water partition coefficient (Wildman–Crippen LogP) is 3.89. The van der Waals surface area contributed by atoms with Gasteiger partial charge in [-0.05, 0) is 24.1 Å². The van der Waals surface area contributed by atoms with E-state index in [-0.39, 0.29) is 0 Å². The van der Waals surface area contributed by atoms with Crippen molar-refractivity contribution < 1.29 is 4.74 Å². The molecule has 0 spiro atoms. The lowest BCUT2D eigenvalue weighted by atomic mass is 10.1. The van der Waals surface area contributed by atoms with E-state index < -0.39 is 0 Å². The number of hydrogen-bond donors (Lipinski definition) is 1. The molecule has 0 fully saturated rings. The summed E-state index contributed by atoms with van der Waals surface area (Å²) in [5.74, 6) is 0. The van der Waals surface area contributed by atoms with E-state index in [4.69, 9.17) is 4.74 Å².